The average Bonchev–Trinajstić information content (AvgIpc) is 2.88. The highest BCUT2D eigenvalue weighted by molar-refractivity contribution is 5.78. The van der Waals surface area contributed by atoms with Gasteiger partial charge in [-0.2, -0.15) is 4.98 Å². The van der Waals surface area contributed by atoms with Gasteiger partial charge in [0.15, 0.2) is 5.82 Å². The number of amides is 1. The number of fused-ring (bicyclic) bond motifs is 1. The summed E-state index contributed by atoms with van der Waals surface area (Å²) in [6, 6.07) is 12.4. The first-order valence-electron chi connectivity index (χ1n) is 8.78. The van der Waals surface area contributed by atoms with Crippen molar-refractivity contribution >= 4 is 11.7 Å². The molecule has 128 valence electrons. The molecule has 3 aromatic rings. The molecular formula is C19H21N5O. The van der Waals surface area contributed by atoms with Crippen molar-refractivity contribution in [1.82, 2.24) is 24.5 Å². The summed E-state index contributed by atoms with van der Waals surface area (Å²) in [6.07, 6.45) is 6.87. The van der Waals surface area contributed by atoms with Crippen molar-refractivity contribution in [2.75, 3.05) is 13.1 Å². The molecule has 25 heavy (non-hydrogen) atoms. The minimum atomic E-state index is 0.101. The number of benzene rings is 1. The minimum absolute atomic E-state index is 0.101. The van der Waals surface area contributed by atoms with E-state index in [1.54, 1.807) is 23.0 Å². The van der Waals surface area contributed by atoms with Crippen LogP contribution in [0.4, 0.5) is 0 Å². The molecule has 0 bridgehead atoms. The topological polar surface area (TPSA) is 63.4 Å². The molecule has 4 rings (SSSR count). The molecule has 6 nitrogen and oxygen atoms in total. The Balaban J connectivity index is 1.40. The standard InChI is InChI=1S/C19H21N5O/c25-18(14-17-21-19-20-10-5-12-24(19)22-17)23-11-4-8-16(9-13-23)15-6-2-1-3-7-15/h1-3,5-7,10,12,16H,4,8-9,11,13-14H2. The maximum Gasteiger partial charge on any atom is 0.252 e. The largest absolute Gasteiger partial charge is 0.342 e. The minimum Gasteiger partial charge on any atom is -0.342 e. The van der Waals surface area contributed by atoms with Crippen LogP contribution >= 0.6 is 0 Å². The summed E-state index contributed by atoms with van der Waals surface area (Å²) in [5.74, 6) is 1.71. The number of hydrogen-bond donors (Lipinski definition) is 0. The molecule has 1 atom stereocenters. The monoisotopic (exact) mass is 335 g/mol. The van der Waals surface area contributed by atoms with Gasteiger partial charge in [0.1, 0.15) is 0 Å². The maximum absolute atomic E-state index is 12.7. The van der Waals surface area contributed by atoms with E-state index in [0.717, 1.165) is 32.4 Å². The van der Waals surface area contributed by atoms with E-state index in [0.29, 0.717) is 17.5 Å². The van der Waals surface area contributed by atoms with Crippen LogP contribution in [0.2, 0.25) is 0 Å². The van der Waals surface area contributed by atoms with E-state index in [4.69, 9.17) is 0 Å². The van der Waals surface area contributed by atoms with Crippen molar-refractivity contribution in [3.63, 3.8) is 0 Å². The van der Waals surface area contributed by atoms with Crippen LogP contribution in [-0.2, 0) is 11.2 Å². The van der Waals surface area contributed by atoms with Gasteiger partial charge in [0.25, 0.3) is 5.78 Å². The highest BCUT2D eigenvalue weighted by atomic mass is 16.2. The van der Waals surface area contributed by atoms with Gasteiger partial charge in [-0.05, 0) is 36.8 Å². The lowest BCUT2D eigenvalue weighted by molar-refractivity contribution is -0.130. The second-order valence-electron chi connectivity index (χ2n) is 6.49. The molecule has 3 heterocycles. The molecule has 1 aliphatic heterocycles. The van der Waals surface area contributed by atoms with Gasteiger partial charge in [0.2, 0.25) is 5.91 Å². The fourth-order valence-electron chi connectivity index (χ4n) is 3.50. The van der Waals surface area contributed by atoms with Crippen molar-refractivity contribution in [3.05, 3.63) is 60.2 Å². The molecule has 1 saturated heterocycles. The third kappa shape index (κ3) is 3.52. The Morgan fingerprint density at radius 2 is 2.00 bits per heavy atom. The predicted molar refractivity (Wildman–Crippen MR) is 94.1 cm³/mol. The molecule has 0 N–H and O–H groups in total. The van der Waals surface area contributed by atoms with Crippen LogP contribution in [0.3, 0.4) is 0 Å². The Morgan fingerprint density at radius 3 is 2.84 bits per heavy atom. The summed E-state index contributed by atoms with van der Waals surface area (Å²) in [7, 11) is 0. The maximum atomic E-state index is 12.7. The molecule has 1 aliphatic rings. The van der Waals surface area contributed by atoms with Crippen LogP contribution in [0, 0.1) is 0 Å². The van der Waals surface area contributed by atoms with Crippen molar-refractivity contribution in [3.8, 4) is 0 Å². The molecule has 1 amide bonds. The first-order valence-corrected chi connectivity index (χ1v) is 8.78. The zero-order valence-corrected chi connectivity index (χ0v) is 14.1. The van der Waals surface area contributed by atoms with Crippen molar-refractivity contribution in [2.24, 2.45) is 0 Å². The molecule has 1 fully saturated rings. The summed E-state index contributed by atoms with van der Waals surface area (Å²) < 4.78 is 1.61. The Labute approximate surface area is 146 Å². The third-order valence-corrected chi connectivity index (χ3v) is 4.82. The molecule has 6 heteroatoms. The highest BCUT2D eigenvalue weighted by Crippen LogP contribution is 2.27. The molecule has 0 radical (unpaired) electrons. The van der Waals surface area contributed by atoms with Gasteiger partial charge in [-0.3, -0.25) is 4.79 Å². The van der Waals surface area contributed by atoms with E-state index in [-0.39, 0.29) is 12.3 Å². The van der Waals surface area contributed by atoms with Crippen molar-refractivity contribution in [1.29, 1.82) is 0 Å². The second kappa shape index (κ2) is 7.01. The summed E-state index contributed by atoms with van der Waals surface area (Å²) in [4.78, 5) is 23.1. The van der Waals surface area contributed by atoms with E-state index in [9.17, 15) is 4.79 Å². The van der Waals surface area contributed by atoms with E-state index >= 15 is 0 Å². The van der Waals surface area contributed by atoms with Crippen molar-refractivity contribution in [2.45, 2.75) is 31.6 Å². The van der Waals surface area contributed by atoms with Gasteiger partial charge in [-0.15, -0.1) is 5.10 Å². The van der Waals surface area contributed by atoms with Gasteiger partial charge in [0, 0.05) is 25.5 Å². The van der Waals surface area contributed by atoms with Gasteiger partial charge >= 0.3 is 0 Å². The summed E-state index contributed by atoms with van der Waals surface area (Å²) in [6.45, 7) is 1.61. The van der Waals surface area contributed by atoms with Gasteiger partial charge in [-0.25, -0.2) is 9.50 Å². The number of rotatable bonds is 3. The normalized spacial score (nSPS) is 18.2. The quantitative estimate of drug-likeness (QED) is 0.737. The van der Waals surface area contributed by atoms with Crippen LogP contribution in [0.25, 0.3) is 5.78 Å². The Kier molecular flexibility index (Phi) is 4.41. The van der Waals surface area contributed by atoms with Crippen molar-refractivity contribution < 1.29 is 4.79 Å². The van der Waals surface area contributed by atoms with Gasteiger partial charge in [-0.1, -0.05) is 30.3 Å². The summed E-state index contributed by atoms with van der Waals surface area (Å²) >= 11 is 0. The number of hydrogen-bond acceptors (Lipinski definition) is 4. The zero-order chi connectivity index (χ0) is 17.1. The number of carbonyl (C=O) groups is 1. The van der Waals surface area contributed by atoms with Crippen LogP contribution in [0.1, 0.15) is 36.6 Å². The molecule has 1 unspecified atom stereocenters. The van der Waals surface area contributed by atoms with E-state index < -0.39 is 0 Å². The second-order valence-corrected chi connectivity index (χ2v) is 6.49. The first-order chi connectivity index (χ1) is 12.3. The fourth-order valence-corrected chi connectivity index (χ4v) is 3.50. The Hall–Kier alpha value is -2.76. The van der Waals surface area contributed by atoms with Gasteiger partial charge in [0.05, 0.1) is 6.42 Å². The lowest BCUT2D eigenvalue weighted by atomic mass is 9.92. The van der Waals surface area contributed by atoms with Crippen LogP contribution in [0.15, 0.2) is 48.8 Å². The summed E-state index contributed by atoms with van der Waals surface area (Å²) in [5.41, 5.74) is 1.38. The van der Waals surface area contributed by atoms with Crippen LogP contribution < -0.4 is 0 Å². The Morgan fingerprint density at radius 1 is 1.12 bits per heavy atom. The number of aromatic nitrogens is 4. The lowest BCUT2D eigenvalue weighted by Gasteiger charge is -2.20. The van der Waals surface area contributed by atoms with E-state index in [2.05, 4.69) is 39.3 Å². The SMILES string of the molecule is O=C(Cc1nc2ncccn2n1)N1CCCC(c2ccccc2)CC1. The predicted octanol–water partition coefficient (Wildman–Crippen LogP) is 2.46. The summed E-state index contributed by atoms with van der Waals surface area (Å²) in [5, 5.41) is 4.33. The average molecular weight is 335 g/mol. The highest BCUT2D eigenvalue weighted by Gasteiger charge is 2.22. The molecule has 0 saturated carbocycles. The van der Waals surface area contributed by atoms with E-state index in [1.807, 2.05) is 11.0 Å². The fraction of sp³-hybridized carbons (Fsp3) is 0.368. The molecular weight excluding hydrogens is 314 g/mol. The molecule has 2 aromatic heterocycles. The number of carbonyl (C=O) groups excluding carboxylic acids is 1. The number of likely N-dealkylation sites (tertiary alicyclic amines) is 1. The number of nitrogens with zero attached hydrogens (tertiary/aromatic N) is 5. The van der Waals surface area contributed by atoms with Gasteiger partial charge < -0.3 is 4.90 Å². The van der Waals surface area contributed by atoms with E-state index in [1.165, 1.54) is 5.56 Å². The molecule has 0 spiro atoms. The lowest BCUT2D eigenvalue weighted by Crippen LogP contribution is -2.33. The third-order valence-electron chi connectivity index (χ3n) is 4.82. The molecule has 1 aromatic carbocycles. The molecule has 0 aliphatic carbocycles. The van der Waals surface area contributed by atoms with Crippen LogP contribution in [-0.4, -0.2) is 43.5 Å². The zero-order valence-electron chi connectivity index (χ0n) is 14.1. The Bertz CT molecular complexity index is 827. The van der Waals surface area contributed by atoms with Crippen LogP contribution in [0.5, 0.6) is 0 Å². The first kappa shape index (κ1) is 15.7. The smallest absolute Gasteiger partial charge is 0.252 e.